The molecule has 0 aromatic heterocycles. The van der Waals surface area contributed by atoms with Crippen molar-refractivity contribution in [2.45, 2.75) is 18.9 Å². The Kier molecular flexibility index (Phi) is 4.69. The fourth-order valence-electron chi connectivity index (χ4n) is 1.27. The van der Waals surface area contributed by atoms with E-state index in [4.69, 9.17) is 16.3 Å². The van der Waals surface area contributed by atoms with E-state index in [1.54, 1.807) is 0 Å². The van der Waals surface area contributed by atoms with Crippen LogP contribution >= 0.6 is 11.6 Å². The second kappa shape index (κ2) is 5.82. The van der Waals surface area contributed by atoms with E-state index in [9.17, 15) is 13.6 Å². The number of hydrogen-bond donors (Lipinski definition) is 0. The van der Waals surface area contributed by atoms with Crippen molar-refractivity contribution in [1.29, 1.82) is 0 Å². The molecular formula is C11H11ClF2O3. The molecular weight excluding hydrogens is 254 g/mol. The van der Waals surface area contributed by atoms with Crippen molar-refractivity contribution >= 4 is 17.4 Å². The second-order valence-electron chi connectivity index (χ2n) is 3.26. The standard InChI is InChI=1S/C11H11ClF2O3/c1-6(15)10(12)7-3-4-8(16-2)9(5-7)17-11(13)14/h3-5,10-11H,1-2H3. The van der Waals surface area contributed by atoms with Gasteiger partial charge >= 0.3 is 6.61 Å². The molecule has 0 aliphatic carbocycles. The Hall–Kier alpha value is -1.36. The second-order valence-corrected chi connectivity index (χ2v) is 3.70. The van der Waals surface area contributed by atoms with Crippen LogP contribution in [-0.2, 0) is 4.79 Å². The lowest BCUT2D eigenvalue weighted by atomic mass is 10.1. The van der Waals surface area contributed by atoms with Gasteiger partial charge in [0.2, 0.25) is 0 Å². The molecule has 0 radical (unpaired) electrons. The Labute approximate surface area is 102 Å². The summed E-state index contributed by atoms with van der Waals surface area (Å²) in [5, 5.41) is -0.888. The minimum Gasteiger partial charge on any atom is -0.493 e. The summed E-state index contributed by atoms with van der Waals surface area (Å²) in [5.41, 5.74) is 0.385. The van der Waals surface area contributed by atoms with Crippen LogP contribution in [0.25, 0.3) is 0 Å². The smallest absolute Gasteiger partial charge is 0.387 e. The van der Waals surface area contributed by atoms with E-state index in [0.717, 1.165) is 0 Å². The van der Waals surface area contributed by atoms with E-state index in [1.807, 2.05) is 0 Å². The van der Waals surface area contributed by atoms with Crippen molar-refractivity contribution in [3.8, 4) is 11.5 Å². The maximum absolute atomic E-state index is 12.2. The van der Waals surface area contributed by atoms with Gasteiger partial charge in [-0.3, -0.25) is 4.79 Å². The normalized spacial score (nSPS) is 12.4. The number of methoxy groups -OCH3 is 1. The van der Waals surface area contributed by atoms with Gasteiger partial charge in [-0.25, -0.2) is 0 Å². The van der Waals surface area contributed by atoms with Gasteiger partial charge in [-0.1, -0.05) is 6.07 Å². The summed E-state index contributed by atoms with van der Waals surface area (Å²) in [6.07, 6.45) is 0. The molecule has 0 heterocycles. The lowest BCUT2D eigenvalue weighted by Crippen LogP contribution is -2.06. The highest BCUT2D eigenvalue weighted by Crippen LogP contribution is 2.33. The van der Waals surface area contributed by atoms with Crippen molar-refractivity contribution in [3.63, 3.8) is 0 Å². The maximum Gasteiger partial charge on any atom is 0.387 e. The van der Waals surface area contributed by atoms with Crippen LogP contribution in [0.4, 0.5) is 8.78 Å². The first-order valence-electron chi connectivity index (χ1n) is 4.73. The van der Waals surface area contributed by atoms with Crippen LogP contribution in [0.2, 0.25) is 0 Å². The minimum atomic E-state index is -2.97. The molecule has 1 aromatic rings. The van der Waals surface area contributed by atoms with E-state index in [1.165, 1.54) is 32.2 Å². The predicted molar refractivity (Wildman–Crippen MR) is 58.9 cm³/mol. The highest BCUT2D eigenvalue weighted by atomic mass is 35.5. The molecule has 0 saturated heterocycles. The van der Waals surface area contributed by atoms with Crippen LogP contribution in [0, 0.1) is 0 Å². The Morgan fingerprint density at radius 1 is 1.35 bits per heavy atom. The summed E-state index contributed by atoms with van der Waals surface area (Å²) in [7, 11) is 1.33. The number of ether oxygens (including phenoxy) is 2. The molecule has 0 N–H and O–H groups in total. The Morgan fingerprint density at radius 3 is 2.47 bits per heavy atom. The van der Waals surface area contributed by atoms with E-state index in [0.29, 0.717) is 5.56 Å². The summed E-state index contributed by atoms with van der Waals surface area (Å²) >= 11 is 5.81. The monoisotopic (exact) mass is 264 g/mol. The lowest BCUT2D eigenvalue weighted by Gasteiger charge is -2.13. The van der Waals surface area contributed by atoms with Gasteiger partial charge < -0.3 is 9.47 Å². The van der Waals surface area contributed by atoms with Crippen LogP contribution in [0.1, 0.15) is 17.9 Å². The Balaban J connectivity index is 3.08. The number of benzene rings is 1. The molecule has 17 heavy (non-hydrogen) atoms. The molecule has 3 nitrogen and oxygen atoms in total. The molecule has 1 unspecified atom stereocenters. The first-order valence-corrected chi connectivity index (χ1v) is 5.16. The molecule has 1 aromatic carbocycles. The molecule has 0 bridgehead atoms. The fourth-order valence-corrected chi connectivity index (χ4v) is 1.41. The minimum absolute atomic E-state index is 0.146. The summed E-state index contributed by atoms with van der Waals surface area (Å²) < 4.78 is 33.4. The van der Waals surface area contributed by atoms with Gasteiger partial charge in [0.25, 0.3) is 0 Å². The van der Waals surface area contributed by atoms with Gasteiger partial charge in [0, 0.05) is 0 Å². The quantitative estimate of drug-likeness (QED) is 0.767. The van der Waals surface area contributed by atoms with Gasteiger partial charge in [0.1, 0.15) is 5.38 Å². The van der Waals surface area contributed by atoms with Gasteiger partial charge in [-0.05, 0) is 24.6 Å². The van der Waals surface area contributed by atoms with Crippen LogP contribution in [0.3, 0.4) is 0 Å². The van der Waals surface area contributed by atoms with Crippen LogP contribution in [0.15, 0.2) is 18.2 Å². The summed E-state index contributed by atoms with van der Waals surface area (Å²) in [5.74, 6) is -0.270. The first-order chi connectivity index (χ1) is 7.95. The number of ketones is 1. The molecule has 0 fully saturated rings. The lowest BCUT2D eigenvalue weighted by molar-refractivity contribution is -0.116. The number of Topliss-reactive ketones (excluding diaryl/α,β-unsaturated/α-hetero) is 1. The average molecular weight is 265 g/mol. The first kappa shape index (κ1) is 13.7. The highest BCUT2D eigenvalue weighted by molar-refractivity contribution is 6.30. The predicted octanol–water partition coefficient (Wildman–Crippen LogP) is 3.17. The zero-order valence-electron chi connectivity index (χ0n) is 9.25. The van der Waals surface area contributed by atoms with E-state index in [2.05, 4.69) is 4.74 Å². The number of carbonyl (C=O) groups is 1. The van der Waals surface area contributed by atoms with Gasteiger partial charge in [-0.2, -0.15) is 8.78 Å². The molecule has 1 rings (SSSR count). The zero-order chi connectivity index (χ0) is 13.0. The Morgan fingerprint density at radius 2 is 2.00 bits per heavy atom. The third-order valence-corrected chi connectivity index (χ3v) is 2.61. The van der Waals surface area contributed by atoms with Crippen molar-refractivity contribution in [3.05, 3.63) is 23.8 Å². The zero-order valence-corrected chi connectivity index (χ0v) is 10.0. The number of halogens is 3. The summed E-state index contributed by atoms with van der Waals surface area (Å²) in [6, 6.07) is 4.21. The topological polar surface area (TPSA) is 35.5 Å². The number of alkyl halides is 3. The number of rotatable bonds is 5. The largest absolute Gasteiger partial charge is 0.493 e. The van der Waals surface area contributed by atoms with Crippen molar-refractivity contribution in [1.82, 2.24) is 0 Å². The number of carbonyl (C=O) groups excluding carboxylic acids is 1. The van der Waals surface area contributed by atoms with E-state index in [-0.39, 0.29) is 17.3 Å². The van der Waals surface area contributed by atoms with Crippen LogP contribution < -0.4 is 9.47 Å². The summed E-state index contributed by atoms with van der Waals surface area (Å²) in [6.45, 7) is -1.65. The molecule has 1 atom stereocenters. The van der Waals surface area contributed by atoms with Gasteiger partial charge in [0.05, 0.1) is 7.11 Å². The third kappa shape index (κ3) is 3.56. The van der Waals surface area contributed by atoms with Crippen LogP contribution in [-0.4, -0.2) is 19.5 Å². The van der Waals surface area contributed by atoms with Crippen LogP contribution in [0.5, 0.6) is 11.5 Å². The maximum atomic E-state index is 12.2. The SMILES string of the molecule is COc1ccc(C(Cl)C(C)=O)cc1OC(F)F. The van der Waals surface area contributed by atoms with Crippen molar-refractivity contribution < 1.29 is 23.0 Å². The molecule has 0 amide bonds. The molecule has 94 valence electrons. The van der Waals surface area contributed by atoms with E-state index < -0.39 is 12.0 Å². The molecule has 0 saturated carbocycles. The van der Waals surface area contributed by atoms with Gasteiger partial charge in [0.15, 0.2) is 17.3 Å². The van der Waals surface area contributed by atoms with Crippen molar-refractivity contribution in [2.24, 2.45) is 0 Å². The molecule has 0 aliphatic rings. The van der Waals surface area contributed by atoms with Crippen molar-refractivity contribution in [2.75, 3.05) is 7.11 Å². The molecule has 0 spiro atoms. The number of hydrogen-bond acceptors (Lipinski definition) is 3. The third-order valence-electron chi connectivity index (χ3n) is 2.05. The molecule has 0 aliphatic heterocycles. The average Bonchev–Trinajstić information content (AvgIpc) is 2.27. The highest BCUT2D eigenvalue weighted by Gasteiger charge is 2.17. The van der Waals surface area contributed by atoms with E-state index >= 15 is 0 Å². The fraction of sp³-hybridized carbons (Fsp3) is 0.364. The summed E-state index contributed by atoms with van der Waals surface area (Å²) in [4.78, 5) is 11.1. The Bertz CT molecular complexity index is 410. The molecule has 6 heteroatoms. The van der Waals surface area contributed by atoms with Gasteiger partial charge in [-0.15, -0.1) is 11.6 Å².